The summed E-state index contributed by atoms with van der Waals surface area (Å²) < 4.78 is 35.2. The number of fused-ring (bicyclic) bond motifs is 1. The number of pyridine rings is 1. The zero-order valence-corrected chi connectivity index (χ0v) is 19.0. The first-order valence-corrected chi connectivity index (χ1v) is 11.8. The van der Waals surface area contributed by atoms with Crippen LogP contribution in [0.4, 0.5) is 0 Å². The Kier molecular flexibility index (Phi) is 6.03. The third-order valence-corrected chi connectivity index (χ3v) is 7.10. The number of carbonyl (C=O) groups excluding carboxylic acids is 1. The van der Waals surface area contributed by atoms with E-state index >= 15 is 0 Å². The monoisotopic (exact) mass is 433 g/mol. The number of nitrogens with zero attached hydrogens (tertiary/aromatic N) is 3. The molecular formula is C21H27N3O5S. The number of amides is 1. The Morgan fingerprint density at radius 2 is 1.90 bits per heavy atom. The van der Waals surface area contributed by atoms with Gasteiger partial charge in [0.25, 0.3) is 11.6 Å². The van der Waals surface area contributed by atoms with Gasteiger partial charge in [-0.05, 0) is 46.8 Å². The maximum Gasteiger partial charge on any atom is 0.259 e. The third-order valence-electron chi connectivity index (χ3n) is 5.23. The Bertz CT molecular complexity index is 1190. The number of aromatic nitrogens is 2. The molecule has 0 radical (unpaired) electrons. The second kappa shape index (κ2) is 8.22. The fraction of sp³-hybridized carbons (Fsp3) is 0.476. The summed E-state index contributed by atoms with van der Waals surface area (Å²) in [6.45, 7) is 11.0. The van der Waals surface area contributed by atoms with E-state index in [1.54, 1.807) is 31.7 Å². The molecule has 0 aliphatic carbocycles. The molecule has 0 saturated heterocycles. The second-order valence-corrected chi connectivity index (χ2v) is 9.87. The molecule has 3 rings (SSSR count). The molecule has 0 saturated carbocycles. The number of sulfone groups is 1. The number of hydrogen-bond donors (Lipinski definition) is 0. The maximum atomic E-state index is 13.5. The zero-order chi connectivity index (χ0) is 22.2. The van der Waals surface area contributed by atoms with Gasteiger partial charge in [-0.2, -0.15) is 0 Å². The number of aryl methyl sites for hydroxylation is 3. The highest BCUT2D eigenvalue weighted by Gasteiger charge is 2.28. The molecule has 0 aromatic carbocycles. The van der Waals surface area contributed by atoms with Gasteiger partial charge in [-0.25, -0.2) is 13.4 Å². The first-order chi connectivity index (χ1) is 14.1. The van der Waals surface area contributed by atoms with Crippen molar-refractivity contribution in [3.63, 3.8) is 0 Å². The van der Waals surface area contributed by atoms with Crippen LogP contribution in [0.1, 0.15) is 48.3 Å². The molecule has 9 heteroatoms. The smallest absolute Gasteiger partial charge is 0.259 e. The van der Waals surface area contributed by atoms with Crippen molar-refractivity contribution in [2.45, 2.75) is 47.6 Å². The molecule has 0 aliphatic rings. The molecule has 0 spiro atoms. The van der Waals surface area contributed by atoms with Crippen LogP contribution in [0.2, 0.25) is 0 Å². The Morgan fingerprint density at radius 1 is 1.20 bits per heavy atom. The van der Waals surface area contributed by atoms with Crippen molar-refractivity contribution in [3.05, 3.63) is 34.9 Å². The average Bonchev–Trinajstić information content (AvgIpc) is 3.22. The summed E-state index contributed by atoms with van der Waals surface area (Å²) >= 11 is 0. The summed E-state index contributed by atoms with van der Waals surface area (Å²) in [6.07, 6.45) is 0. The molecule has 1 amide bonds. The van der Waals surface area contributed by atoms with Crippen LogP contribution in [0, 0.1) is 20.8 Å². The van der Waals surface area contributed by atoms with E-state index in [2.05, 4.69) is 10.1 Å². The normalized spacial score (nSPS) is 13.0. The lowest BCUT2D eigenvalue weighted by Gasteiger charge is -2.28. The van der Waals surface area contributed by atoms with Gasteiger partial charge in [0, 0.05) is 23.9 Å². The quantitative estimate of drug-likeness (QED) is 0.559. The van der Waals surface area contributed by atoms with Gasteiger partial charge >= 0.3 is 0 Å². The summed E-state index contributed by atoms with van der Waals surface area (Å²) in [4.78, 5) is 19.6. The van der Waals surface area contributed by atoms with Gasteiger partial charge in [0.15, 0.2) is 9.84 Å². The molecule has 162 valence electrons. The zero-order valence-electron chi connectivity index (χ0n) is 18.1. The molecule has 1 atom stereocenters. The molecule has 0 bridgehead atoms. The highest BCUT2D eigenvalue weighted by molar-refractivity contribution is 7.91. The van der Waals surface area contributed by atoms with Gasteiger partial charge in [0.05, 0.1) is 28.1 Å². The first-order valence-electron chi connectivity index (χ1n) is 9.93. The van der Waals surface area contributed by atoms with Crippen LogP contribution < -0.4 is 0 Å². The van der Waals surface area contributed by atoms with E-state index in [0.29, 0.717) is 34.6 Å². The van der Waals surface area contributed by atoms with Gasteiger partial charge in [-0.3, -0.25) is 4.79 Å². The topological polar surface area (TPSA) is 107 Å². The molecular weight excluding hydrogens is 406 g/mol. The van der Waals surface area contributed by atoms with Crippen molar-refractivity contribution in [2.75, 3.05) is 18.1 Å². The first kappa shape index (κ1) is 22.0. The van der Waals surface area contributed by atoms with Gasteiger partial charge in [-0.15, -0.1) is 0 Å². The molecule has 0 aliphatic heterocycles. The minimum atomic E-state index is -3.23. The second-order valence-electron chi connectivity index (χ2n) is 7.47. The number of hydrogen-bond acceptors (Lipinski definition) is 7. The largest absolute Gasteiger partial charge is 0.466 e. The fourth-order valence-corrected chi connectivity index (χ4v) is 4.82. The Hall–Kier alpha value is -2.68. The number of furan rings is 1. The van der Waals surface area contributed by atoms with Crippen LogP contribution in [0.5, 0.6) is 0 Å². The Morgan fingerprint density at radius 3 is 2.47 bits per heavy atom. The molecule has 1 unspecified atom stereocenters. The van der Waals surface area contributed by atoms with E-state index in [1.807, 2.05) is 26.8 Å². The highest BCUT2D eigenvalue weighted by Crippen LogP contribution is 2.31. The summed E-state index contributed by atoms with van der Waals surface area (Å²) in [5.74, 6) is 1.08. The van der Waals surface area contributed by atoms with Crippen molar-refractivity contribution in [2.24, 2.45) is 0 Å². The third kappa shape index (κ3) is 4.12. The summed E-state index contributed by atoms with van der Waals surface area (Å²) in [7, 11) is -3.23. The van der Waals surface area contributed by atoms with E-state index in [1.165, 1.54) is 0 Å². The fourth-order valence-electron chi connectivity index (χ4n) is 3.67. The van der Waals surface area contributed by atoms with Crippen molar-refractivity contribution in [1.29, 1.82) is 0 Å². The summed E-state index contributed by atoms with van der Waals surface area (Å²) in [5.41, 5.74) is 2.51. The SMILES string of the molecule is CCN(C(=O)c1cc(-c2cc(C)oc2C)nc2onc(C)c12)C(C)CS(=O)(=O)CC. The molecule has 3 aromatic rings. The van der Waals surface area contributed by atoms with Crippen LogP contribution in [0.15, 0.2) is 21.1 Å². The molecule has 3 aromatic heterocycles. The predicted molar refractivity (Wildman–Crippen MR) is 114 cm³/mol. The van der Waals surface area contributed by atoms with Crippen LogP contribution in [0.3, 0.4) is 0 Å². The van der Waals surface area contributed by atoms with E-state index in [-0.39, 0.29) is 23.1 Å². The minimum Gasteiger partial charge on any atom is -0.466 e. The standard InChI is InChI=1S/C21H27N3O5S/c1-7-24(12(3)11-30(26,27)8-2)21(25)17-10-18(16-9-13(4)28-15(16)6)22-20-19(17)14(5)23-29-20/h9-10,12H,7-8,11H2,1-6H3. The van der Waals surface area contributed by atoms with Crippen LogP contribution in [-0.4, -0.2) is 53.5 Å². The summed E-state index contributed by atoms with van der Waals surface area (Å²) in [6, 6.07) is 3.09. The molecule has 30 heavy (non-hydrogen) atoms. The van der Waals surface area contributed by atoms with Crippen LogP contribution in [-0.2, 0) is 9.84 Å². The Balaban J connectivity index is 2.12. The van der Waals surface area contributed by atoms with Crippen LogP contribution in [0.25, 0.3) is 22.4 Å². The van der Waals surface area contributed by atoms with Gasteiger partial charge in [-0.1, -0.05) is 12.1 Å². The maximum absolute atomic E-state index is 13.5. The van der Waals surface area contributed by atoms with Crippen molar-refractivity contribution >= 4 is 26.8 Å². The number of carbonyl (C=O) groups is 1. The summed E-state index contributed by atoms with van der Waals surface area (Å²) in [5, 5.41) is 4.51. The van der Waals surface area contributed by atoms with E-state index in [9.17, 15) is 13.2 Å². The minimum absolute atomic E-state index is 0.0383. The van der Waals surface area contributed by atoms with Crippen molar-refractivity contribution < 1.29 is 22.2 Å². The molecule has 0 N–H and O–H groups in total. The van der Waals surface area contributed by atoms with Gasteiger partial charge < -0.3 is 13.8 Å². The van der Waals surface area contributed by atoms with Crippen LogP contribution >= 0.6 is 0 Å². The van der Waals surface area contributed by atoms with E-state index in [0.717, 1.165) is 11.3 Å². The lowest BCUT2D eigenvalue weighted by atomic mass is 10.0. The average molecular weight is 434 g/mol. The van der Waals surface area contributed by atoms with Gasteiger partial charge in [0.1, 0.15) is 11.5 Å². The molecule has 8 nitrogen and oxygen atoms in total. The van der Waals surface area contributed by atoms with E-state index in [4.69, 9.17) is 8.94 Å². The van der Waals surface area contributed by atoms with E-state index < -0.39 is 15.9 Å². The lowest BCUT2D eigenvalue weighted by molar-refractivity contribution is 0.0721. The molecule has 0 fully saturated rings. The molecule has 3 heterocycles. The number of rotatable bonds is 7. The lowest BCUT2D eigenvalue weighted by Crippen LogP contribution is -2.42. The predicted octanol–water partition coefficient (Wildman–Crippen LogP) is 3.69. The van der Waals surface area contributed by atoms with Crippen molar-refractivity contribution in [1.82, 2.24) is 15.0 Å². The van der Waals surface area contributed by atoms with Gasteiger partial charge in [0.2, 0.25) is 0 Å². The van der Waals surface area contributed by atoms with Crippen molar-refractivity contribution in [3.8, 4) is 11.3 Å². The Labute approximate surface area is 176 Å². The highest BCUT2D eigenvalue weighted by atomic mass is 32.2.